The minimum absolute atomic E-state index is 0.287. The van der Waals surface area contributed by atoms with E-state index in [4.69, 9.17) is 16.6 Å². The molecule has 1 aliphatic rings. The molecule has 3 aromatic rings. The van der Waals surface area contributed by atoms with E-state index >= 15 is 0 Å². The topological polar surface area (TPSA) is 194 Å². The van der Waals surface area contributed by atoms with E-state index in [2.05, 4.69) is 35.2 Å². The zero-order valence-electron chi connectivity index (χ0n) is 12.8. The molecule has 0 spiro atoms. The van der Waals surface area contributed by atoms with Gasteiger partial charge in [0.15, 0.2) is 11.5 Å². The Kier molecular flexibility index (Phi) is 6.16. The summed E-state index contributed by atoms with van der Waals surface area (Å²) in [5.74, 6) is -0.567. The average molecular weight is 333 g/mol. The number of carbonyl (C=O) groups is 1. The minimum Gasteiger partial charge on any atom is -0.480 e. The predicted octanol–water partition coefficient (Wildman–Crippen LogP) is -1.11. The van der Waals surface area contributed by atoms with Crippen LogP contribution >= 0.6 is 0 Å². The number of hydrogen-bond donors (Lipinski definition) is 6. The first-order valence-electron chi connectivity index (χ1n) is 7.14. The maximum atomic E-state index is 10.3. The van der Waals surface area contributed by atoms with Crippen LogP contribution in [0.2, 0.25) is 0 Å². The molecule has 128 valence electrons. The number of nitrogen functional groups attached to an aromatic ring is 1. The van der Waals surface area contributed by atoms with Gasteiger partial charge in [0.1, 0.15) is 17.9 Å². The molecule has 0 amide bonds. The molecule has 0 radical (unpaired) electrons. The number of hydrogen-bond acceptors (Lipinski definition) is 8. The number of aliphatic carboxylic acids is 1. The largest absolute Gasteiger partial charge is 0.480 e. The van der Waals surface area contributed by atoms with Crippen molar-refractivity contribution in [2.75, 3.05) is 18.8 Å². The van der Waals surface area contributed by atoms with Crippen molar-refractivity contribution in [1.82, 2.24) is 35.2 Å². The van der Waals surface area contributed by atoms with Gasteiger partial charge in [0, 0.05) is 31.4 Å². The quantitative estimate of drug-likeness (QED) is 0.322. The lowest BCUT2D eigenvalue weighted by molar-refractivity contribution is -0.138. The van der Waals surface area contributed by atoms with Gasteiger partial charge < -0.3 is 31.9 Å². The molecule has 4 heterocycles. The number of anilines is 1. The summed E-state index contributed by atoms with van der Waals surface area (Å²) < 4.78 is 0. The molecule has 0 bridgehead atoms. The fourth-order valence-corrected chi connectivity index (χ4v) is 1.50. The Morgan fingerprint density at radius 1 is 1.25 bits per heavy atom. The molecular formula is C13H19N9O2. The summed E-state index contributed by atoms with van der Waals surface area (Å²) in [4.78, 5) is 31.1. The first-order valence-corrected chi connectivity index (χ1v) is 7.14. The van der Waals surface area contributed by atoms with Gasteiger partial charge >= 0.3 is 5.97 Å². The zero-order chi connectivity index (χ0) is 17.4. The van der Waals surface area contributed by atoms with E-state index in [0.717, 1.165) is 5.69 Å². The number of imidazole rings is 2. The van der Waals surface area contributed by atoms with Gasteiger partial charge in [0.05, 0.1) is 12.7 Å². The highest BCUT2D eigenvalue weighted by Crippen LogP contribution is 2.09. The summed E-state index contributed by atoms with van der Waals surface area (Å²) in [7, 11) is 0. The van der Waals surface area contributed by atoms with E-state index in [1.165, 1.54) is 32.1 Å². The van der Waals surface area contributed by atoms with Gasteiger partial charge in [-0.25, -0.2) is 19.9 Å². The number of nitrogens with two attached hydrogens (primary N) is 2. The SMILES string of the molecule is C1CN1.NC(Cc1cnc[nH]1)C(=O)O.Nc1ncnc2nc[nH]c12. The molecule has 4 rings (SSSR count). The second-order valence-electron chi connectivity index (χ2n) is 4.84. The standard InChI is InChI=1S/C6H9N3O2.C5H5N5.C2H5N/c7-5(6(10)11)1-4-2-8-3-9-4;6-4-3-5(9-1-7-3)10-2-8-4;1-2-3-1/h2-3,5H,1,7H2,(H,8,9)(H,10,11);1-2H,(H3,6,7,8,9,10);3H,1-2H2. The number of nitrogens with one attached hydrogen (secondary N) is 3. The lowest BCUT2D eigenvalue weighted by atomic mass is 10.2. The number of aromatic amines is 2. The van der Waals surface area contributed by atoms with Crippen molar-refractivity contribution in [3.05, 3.63) is 30.9 Å². The van der Waals surface area contributed by atoms with Crippen LogP contribution in [0.4, 0.5) is 5.82 Å². The number of nitrogens with zero attached hydrogens (tertiary/aromatic N) is 4. The van der Waals surface area contributed by atoms with Crippen molar-refractivity contribution in [3.63, 3.8) is 0 Å². The fraction of sp³-hybridized carbons (Fsp3) is 0.308. The van der Waals surface area contributed by atoms with Gasteiger partial charge in [-0.3, -0.25) is 4.79 Å². The van der Waals surface area contributed by atoms with E-state index < -0.39 is 12.0 Å². The number of rotatable bonds is 3. The number of carboxylic acids is 1. The molecule has 24 heavy (non-hydrogen) atoms. The van der Waals surface area contributed by atoms with E-state index in [9.17, 15) is 4.79 Å². The second-order valence-corrected chi connectivity index (χ2v) is 4.84. The molecule has 1 atom stereocenters. The second kappa shape index (κ2) is 8.55. The highest BCUT2D eigenvalue weighted by atomic mass is 16.4. The Labute approximate surface area is 136 Å². The molecular weight excluding hydrogens is 314 g/mol. The maximum Gasteiger partial charge on any atom is 0.320 e. The van der Waals surface area contributed by atoms with E-state index in [1.807, 2.05) is 0 Å². The summed E-state index contributed by atoms with van der Waals surface area (Å²) in [6.45, 7) is 2.50. The van der Waals surface area contributed by atoms with Crippen molar-refractivity contribution < 1.29 is 9.90 Å². The molecule has 11 nitrogen and oxygen atoms in total. The van der Waals surface area contributed by atoms with Crippen molar-refractivity contribution >= 4 is 23.0 Å². The first-order chi connectivity index (χ1) is 11.6. The molecule has 1 fully saturated rings. The maximum absolute atomic E-state index is 10.3. The van der Waals surface area contributed by atoms with Crippen LogP contribution in [0.5, 0.6) is 0 Å². The zero-order valence-corrected chi connectivity index (χ0v) is 12.8. The highest BCUT2D eigenvalue weighted by molar-refractivity contribution is 5.80. The van der Waals surface area contributed by atoms with Gasteiger partial charge in [-0.05, 0) is 0 Å². The van der Waals surface area contributed by atoms with Crippen molar-refractivity contribution in [3.8, 4) is 0 Å². The summed E-state index contributed by atoms with van der Waals surface area (Å²) in [5.41, 5.74) is 12.8. The van der Waals surface area contributed by atoms with Crippen LogP contribution in [0.25, 0.3) is 11.2 Å². The number of aromatic nitrogens is 6. The molecule has 1 unspecified atom stereocenters. The van der Waals surface area contributed by atoms with Crippen LogP contribution in [-0.2, 0) is 11.2 Å². The van der Waals surface area contributed by atoms with Crippen molar-refractivity contribution in [2.45, 2.75) is 12.5 Å². The molecule has 1 aliphatic heterocycles. The van der Waals surface area contributed by atoms with Crippen LogP contribution in [0, 0.1) is 0 Å². The number of fused-ring (bicyclic) bond motifs is 1. The summed E-state index contributed by atoms with van der Waals surface area (Å²) >= 11 is 0. The smallest absolute Gasteiger partial charge is 0.320 e. The van der Waals surface area contributed by atoms with Crippen LogP contribution in [-0.4, -0.2) is 60.1 Å². The van der Waals surface area contributed by atoms with E-state index in [1.54, 1.807) is 6.20 Å². The molecule has 8 N–H and O–H groups in total. The Morgan fingerprint density at radius 3 is 2.54 bits per heavy atom. The Hall–Kier alpha value is -3.05. The predicted molar refractivity (Wildman–Crippen MR) is 86.9 cm³/mol. The lowest BCUT2D eigenvalue weighted by Gasteiger charge is -2.02. The normalized spacial score (nSPS) is 13.2. The summed E-state index contributed by atoms with van der Waals surface area (Å²) in [6.07, 6.45) is 6.26. The van der Waals surface area contributed by atoms with E-state index in [0.29, 0.717) is 17.0 Å². The minimum atomic E-state index is -1.00. The third kappa shape index (κ3) is 5.62. The van der Waals surface area contributed by atoms with Crippen LogP contribution in [0.15, 0.2) is 25.2 Å². The van der Waals surface area contributed by atoms with Crippen LogP contribution < -0.4 is 16.8 Å². The lowest BCUT2D eigenvalue weighted by Crippen LogP contribution is -2.32. The average Bonchev–Trinajstić information content (AvgIpc) is 3.20. The molecule has 0 aliphatic carbocycles. The molecule has 3 aromatic heterocycles. The van der Waals surface area contributed by atoms with Gasteiger partial charge in [-0.15, -0.1) is 0 Å². The van der Waals surface area contributed by atoms with Gasteiger partial charge in [0.2, 0.25) is 0 Å². The number of H-pyrrole nitrogens is 2. The molecule has 1 saturated heterocycles. The first kappa shape index (κ1) is 17.3. The Balaban J connectivity index is 0.000000148. The van der Waals surface area contributed by atoms with Gasteiger partial charge in [0.25, 0.3) is 0 Å². The Bertz CT molecular complexity index is 751. The Morgan fingerprint density at radius 2 is 2.00 bits per heavy atom. The molecule has 0 saturated carbocycles. The van der Waals surface area contributed by atoms with Crippen molar-refractivity contribution in [2.24, 2.45) is 5.73 Å². The third-order valence-electron chi connectivity index (χ3n) is 2.81. The highest BCUT2D eigenvalue weighted by Gasteiger charge is 2.12. The van der Waals surface area contributed by atoms with Gasteiger partial charge in [-0.2, -0.15) is 0 Å². The molecule has 0 aromatic carbocycles. The third-order valence-corrected chi connectivity index (χ3v) is 2.81. The van der Waals surface area contributed by atoms with E-state index in [-0.39, 0.29) is 6.42 Å². The van der Waals surface area contributed by atoms with Crippen molar-refractivity contribution in [1.29, 1.82) is 0 Å². The van der Waals surface area contributed by atoms with Crippen LogP contribution in [0.3, 0.4) is 0 Å². The molecule has 11 heteroatoms. The van der Waals surface area contributed by atoms with Crippen LogP contribution in [0.1, 0.15) is 5.69 Å². The number of carboxylic acid groups (broad SMARTS) is 1. The monoisotopic (exact) mass is 333 g/mol. The summed E-state index contributed by atoms with van der Waals surface area (Å²) in [5, 5.41) is 11.4. The van der Waals surface area contributed by atoms with Gasteiger partial charge in [-0.1, -0.05) is 0 Å². The fourth-order valence-electron chi connectivity index (χ4n) is 1.50. The summed E-state index contributed by atoms with van der Waals surface area (Å²) in [6, 6.07) is -0.851.